The van der Waals surface area contributed by atoms with E-state index < -0.39 is 0 Å². The van der Waals surface area contributed by atoms with Crippen LogP contribution in [0.15, 0.2) is 15.9 Å². The van der Waals surface area contributed by atoms with E-state index in [2.05, 4.69) is 39.6 Å². The molecule has 2 rings (SSSR count). The van der Waals surface area contributed by atoms with Crippen LogP contribution in [0, 0.1) is 5.92 Å². The Bertz CT molecular complexity index is 293. The number of thiophene rings is 1. The van der Waals surface area contributed by atoms with Crippen molar-refractivity contribution in [1.82, 2.24) is 5.32 Å². The lowest BCUT2D eigenvalue weighted by molar-refractivity contribution is 0.474. The summed E-state index contributed by atoms with van der Waals surface area (Å²) in [6.07, 6.45) is 4.03. The van der Waals surface area contributed by atoms with Gasteiger partial charge in [0.15, 0.2) is 0 Å². The Morgan fingerprint density at radius 2 is 2.43 bits per heavy atom. The Morgan fingerprint density at radius 1 is 1.64 bits per heavy atom. The molecule has 1 aliphatic carbocycles. The number of hydrogen-bond donors (Lipinski definition) is 1. The fraction of sp³-hybridized carbons (Fsp3) is 0.636. The summed E-state index contributed by atoms with van der Waals surface area (Å²) < 4.78 is 1.28. The van der Waals surface area contributed by atoms with E-state index >= 15 is 0 Å². The maximum absolute atomic E-state index is 3.60. The minimum absolute atomic E-state index is 0.704. The molecule has 0 aliphatic heterocycles. The first-order valence-corrected chi connectivity index (χ1v) is 6.93. The molecule has 1 aliphatic rings. The monoisotopic (exact) mass is 273 g/mol. The molecule has 1 saturated carbocycles. The molecule has 1 N–H and O–H groups in total. The van der Waals surface area contributed by atoms with Gasteiger partial charge in [0.25, 0.3) is 0 Å². The molecule has 1 atom stereocenters. The average molecular weight is 274 g/mol. The Hall–Kier alpha value is 0.140. The Morgan fingerprint density at radius 3 is 2.93 bits per heavy atom. The van der Waals surface area contributed by atoms with Crippen LogP contribution < -0.4 is 5.32 Å². The van der Waals surface area contributed by atoms with Crippen LogP contribution in [0.1, 0.15) is 24.6 Å². The average Bonchev–Trinajstić information content (AvgIpc) is 2.93. The molecule has 78 valence electrons. The number of halogens is 1. The van der Waals surface area contributed by atoms with Gasteiger partial charge in [0.1, 0.15) is 0 Å². The minimum atomic E-state index is 0.704. The highest BCUT2D eigenvalue weighted by Crippen LogP contribution is 2.35. The van der Waals surface area contributed by atoms with Crippen LogP contribution >= 0.6 is 27.3 Å². The van der Waals surface area contributed by atoms with E-state index in [-0.39, 0.29) is 0 Å². The summed E-state index contributed by atoms with van der Waals surface area (Å²) in [5.74, 6) is 0.934. The van der Waals surface area contributed by atoms with E-state index in [1.54, 1.807) is 0 Å². The van der Waals surface area contributed by atoms with Crippen molar-refractivity contribution in [2.75, 3.05) is 6.54 Å². The molecule has 1 aromatic rings. The van der Waals surface area contributed by atoms with Crippen molar-refractivity contribution < 1.29 is 0 Å². The number of nitrogens with one attached hydrogen (secondary N) is 1. The largest absolute Gasteiger partial charge is 0.314 e. The van der Waals surface area contributed by atoms with Crippen LogP contribution in [0.2, 0.25) is 0 Å². The Labute approximate surface area is 98.0 Å². The number of hydrogen-bond acceptors (Lipinski definition) is 2. The van der Waals surface area contributed by atoms with Crippen LogP contribution in [0.5, 0.6) is 0 Å². The molecule has 1 unspecified atom stereocenters. The van der Waals surface area contributed by atoms with Gasteiger partial charge in [-0.3, -0.25) is 0 Å². The second-order valence-electron chi connectivity index (χ2n) is 3.90. The van der Waals surface area contributed by atoms with Gasteiger partial charge in [0.2, 0.25) is 0 Å². The highest BCUT2D eigenvalue weighted by atomic mass is 79.9. The molecular weight excluding hydrogens is 258 g/mol. The maximum atomic E-state index is 3.60. The van der Waals surface area contributed by atoms with Gasteiger partial charge < -0.3 is 5.32 Å². The van der Waals surface area contributed by atoms with E-state index in [1.807, 2.05) is 11.3 Å². The van der Waals surface area contributed by atoms with Crippen molar-refractivity contribution in [2.45, 2.75) is 32.2 Å². The highest BCUT2D eigenvalue weighted by Gasteiger charge is 2.30. The standard InChI is InChI=1S/C11H16BrNS/c1-2-13-10(8-3-4-8)7-11-9(12)5-6-14-11/h5-6,8,10,13H,2-4,7H2,1H3. The van der Waals surface area contributed by atoms with E-state index in [9.17, 15) is 0 Å². The van der Waals surface area contributed by atoms with E-state index in [1.165, 1.54) is 28.6 Å². The SMILES string of the molecule is CCNC(Cc1sccc1Br)C1CC1. The molecule has 0 aromatic carbocycles. The van der Waals surface area contributed by atoms with Gasteiger partial charge in [-0.25, -0.2) is 0 Å². The van der Waals surface area contributed by atoms with Crippen LogP contribution in [0.3, 0.4) is 0 Å². The quantitative estimate of drug-likeness (QED) is 0.867. The first-order valence-electron chi connectivity index (χ1n) is 5.26. The first kappa shape index (κ1) is 10.7. The van der Waals surface area contributed by atoms with Crippen molar-refractivity contribution in [2.24, 2.45) is 5.92 Å². The molecule has 1 heterocycles. The summed E-state index contributed by atoms with van der Waals surface area (Å²) >= 11 is 5.46. The van der Waals surface area contributed by atoms with Crippen molar-refractivity contribution >= 4 is 27.3 Å². The van der Waals surface area contributed by atoms with Crippen LogP contribution in [0.4, 0.5) is 0 Å². The lowest BCUT2D eigenvalue weighted by Crippen LogP contribution is -2.32. The third-order valence-electron chi connectivity index (χ3n) is 2.75. The summed E-state index contributed by atoms with van der Waals surface area (Å²) in [6, 6.07) is 2.85. The van der Waals surface area contributed by atoms with Crippen LogP contribution in [-0.4, -0.2) is 12.6 Å². The smallest absolute Gasteiger partial charge is 0.0314 e. The predicted molar refractivity (Wildman–Crippen MR) is 65.9 cm³/mol. The molecule has 0 spiro atoms. The molecule has 0 bridgehead atoms. The van der Waals surface area contributed by atoms with E-state index in [0.29, 0.717) is 6.04 Å². The fourth-order valence-electron chi connectivity index (χ4n) is 1.84. The third-order valence-corrected chi connectivity index (χ3v) is 4.70. The topological polar surface area (TPSA) is 12.0 Å². The van der Waals surface area contributed by atoms with Crippen molar-refractivity contribution in [3.05, 3.63) is 20.8 Å². The summed E-state index contributed by atoms with van der Waals surface area (Å²) in [6.45, 7) is 3.28. The molecule has 0 radical (unpaired) electrons. The maximum Gasteiger partial charge on any atom is 0.0314 e. The lowest BCUT2D eigenvalue weighted by Gasteiger charge is -2.16. The molecule has 0 saturated heterocycles. The van der Waals surface area contributed by atoms with Gasteiger partial charge >= 0.3 is 0 Å². The number of likely N-dealkylation sites (N-methyl/N-ethyl adjacent to an activating group) is 1. The highest BCUT2D eigenvalue weighted by molar-refractivity contribution is 9.10. The fourth-order valence-corrected chi connectivity index (χ4v) is 3.41. The first-order chi connectivity index (χ1) is 6.81. The summed E-state index contributed by atoms with van der Waals surface area (Å²) in [5.41, 5.74) is 0. The normalized spacial score (nSPS) is 18.4. The Kier molecular flexibility index (Phi) is 3.63. The van der Waals surface area contributed by atoms with E-state index in [0.717, 1.165) is 12.5 Å². The second-order valence-corrected chi connectivity index (χ2v) is 5.75. The van der Waals surface area contributed by atoms with Crippen molar-refractivity contribution in [1.29, 1.82) is 0 Å². The summed E-state index contributed by atoms with van der Waals surface area (Å²) in [4.78, 5) is 1.49. The lowest BCUT2D eigenvalue weighted by atomic mass is 10.1. The van der Waals surface area contributed by atoms with Gasteiger partial charge in [0, 0.05) is 15.4 Å². The molecular formula is C11H16BrNS. The molecule has 3 heteroatoms. The third kappa shape index (κ3) is 2.59. The Balaban J connectivity index is 1.96. The molecule has 1 aromatic heterocycles. The summed E-state index contributed by atoms with van der Waals surface area (Å²) in [5, 5.41) is 5.76. The van der Waals surface area contributed by atoms with Crippen LogP contribution in [0.25, 0.3) is 0 Å². The van der Waals surface area contributed by atoms with Gasteiger partial charge in [-0.1, -0.05) is 6.92 Å². The van der Waals surface area contributed by atoms with Gasteiger partial charge in [0.05, 0.1) is 0 Å². The molecule has 1 nitrogen and oxygen atoms in total. The minimum Gasteiger partial charge on any atom is -0.314 e. The predicted octanol–water partition coefficient (Wildman–Crippen LogP) is 3.44. The van der Waals surface area contributed by atoms with Gasteiger partial charge in [-0.15, -0.1) is 11.3 Å². The molecule has 0 amide bonds. The second kappa shape index (κ2) is 4.77. The zero-order valence-corrected chi connectivity index (χ0v) is 10.8. The van der Waals surface area contributed by atoms with Crippen LogP contribution in [-0.2, 0) is 6.42 Å². The number of rotatable bonds is 5. The zero-order valence-electron chi connectivity index (χ0n) is 8.42. The van der Waals surface area contributed by atoms with Crippen molar-refractivity contribution in [3.8, 4) is 0 Å². The van der Waals surface area contributed by atoms with Gasteiger partial charge in [-0.05, 0) is 59.1 Å². The molecule has 14 heavy (non-hydrogen) atoms. The summed E-state index contributed by atoms with van der Waals surface area (Å²) in [7, 11) is 0. The van der Waals surface area contributed by atoms with Crippen molar-refractivity contribution in [3.63, 3.8) is 0 Å². The zero-order chi connectivity index (χ0) is 9.97. The van der Waals surface area contributed by atoms with Gasteiger partial charge in [-0.2, -0.15) is 0 Å². The van der Waals surface area contributed by atoms with E-state index in [4.69, 9.17) is 0 Å². The molecule has 1 fully saturated rings.